The molecule has 1 atom stereocenters. The Bertz CT molecular complexity index is 676. The van der Waals surface area contributed by atoms with Crippen LogP contribution in [-0.2, 0) is 0 Å². The number of allylic oxidation sites excluding steroid dienone is 1. The summed E-state index contributed by atoms with van der Waals surface area (Å²) in [7, 11) is 0. The molecule has 1 aliphatic heterocycles. The van der Waals surface area contributed by atoms with Crippen molar-refractivity contribution in [1.29, 1.82) is 0 Å². The van der Waals surface area contributed by atoms with Gasteiger partial charge in [-0.1, -0.05) is 54.6 Å². The highest BCUT2D eigenvalue weighted by Gasteiger charge is 2.30. The van der Waals surface area contributed by atoms with Gasteiger partial charge < -0.3 is 0 Å². The second-order valence-electron chi connectivity index (χ2n) is 5.28. The zero-order chi connectivity index (χ0) is 16.1. The molecule has 1 nitrogen and oxygen atoms in total. The van der Waals surface area contributed by atoms with E-state index in [1.54, 1.807) is 12.1 Å². The Hall–Kier alpha value is -1.52. The molecule has 1 heterocycles. The molecule has 0 aliphatic carbocycles. The fourth-order valence-electron chi connectivity index (χ4n) is 2.47. The van der Waals surface area contributed by atoms with Crippen molar-refractivity contribution in [3.8, 4) is 0 Å². The van der Waals surface area contributed by atoms with Gasteiger partial charge in [0.25, 0.3) is 0 Å². The van der Waals surface area contributed by atoms with Crippen molar-refractivity contribution >= 4 is 35.4 Å². The van der Waals surface area contributed by atoms with E-state index in [1.807, 2.05) is 66.0 Å². The fourth-order valence-corrected chi connectivity index (χ4v) is 5.51. The largest absolute Gasteiger partial charge is 0.293 e. The van der Waals surface area contributed by atoms with Crippen LogP contribution in [0.1, 0.15) is 15.9 Å². The van der Waals surface area contributed by atoms with Gasteiger partial charge in [-0.2, -0.15) is 0 Å². The molecule has 23 heavy (non-hydrogen) atoms. The van der Waals surface area contributed by atoms with Crippen molar-refractivity contribution in [2.75, 3.05) is 11.5 Å². The first-order valence-corrected chi connectivity index (χ1v) is 9.60. The molecule has 0 N–H and O–H groups in total. The SMILES string of the molecule is O=C(c1ccccc1)C(/C=C/c1ccc(F)cc1)C1SCCS1. The predicted molar refractivity (Wildman–Crippen MR) is 98.4 cm³/mol. The van der Waals surface area contributed by atoms with Gasteiger partial charge in [0.2, 0.25) is 0 Å². The Morgan fingerprint density at radius 3 is 2.35 bits per heavy atom. The van der Waals surface area contributed by atoms with Crippen LogP contribution in [-0.4, -0.2) is 21.9 Å². The summed E-state index contributed by atoms with van der Waals surface area (Å²) in [6.07, 6.45) is 3.89. The Morgan fingerprint density at radius 1 is 1.04 bits per heavy atom. The van der Waals surface area contributed by atoms with Gasteiger partial charge in [0.05, 0.1) is 10.5 Å². The highest BCUT2D eigenvalue weighted by molar-refractivity contribution is 8.20. The van der Waals surface area contributed by atoms with Gasteiger partial charge in [0.15, 0.2) is 5.78 Å². The van der Waals surface area contributed by atoms with Crippen molar-refractivity contribution < 1.29 is 9.18 Å². The topological polar surface area (TPSA) is 17.1 Å². The highest BCUT2D eigenvalue weighted by atomic mass is 32.2. The number of benzene rings is 2. The van der Waals surface area contributed by atoms with E-state index in [1.165, 1.54) is 12.1 Å². The van der Waals surface area contributed by atoms with Gasteiger partial charge in [-0.3, -0.25) is 4.79 Å². The number of hydrogen-bond donors (Lipinski definition) is 0. The molecule has 1 aliphatic rings. The van der Waals surface area contributed by atoms with Crippen LogP contribution in [0, 0.1) is 11.7 Å². The third-order valence-corrected chi connectivity index (χ3v) is 6.87. The molecule has 1 unspecified atom stereocenters. The Labute approximate surface area is 144 Å². The standard InChI is InChI=1S/C19H17FOS2/c20-16-9-6-14(7-10-16)8-11-17(19-22-12-13-23-19)18(21)15-4-2-1-3-5-15/h1-11,17,19H,12-13H2/b11-8+. The lowest BCUT2D eigenvalue weighted by molar-refractivity contribution is 0.0952. The molecular formula is C19H17FOS2. The number of ketones is 1. The molecule has 0 saturated carbocycles. The summed E-state index contributed by atoms with van der Waals surface area (Å²) in [5, 5.41) is 0. The van der Waals surface area contributed by atoms with E-state index < -0.39 is 0 Å². The first-order valence-electron chi connectivity index (χ1n) is 7.50. The second-order valence-corrected chi connectivity index (χ2v) is 8.07. The second kappa shape index (κ2) is 7.84. The summed E-state index contributed by atoms with van der Waals surface area (Å²) in [6, 6.07) is 15.8. The van der Waals surface area contributed by atoms with Gasteiger partial charge in [-0.05, 0) is 17.7 Å². The Morgan fingerprint density at radius 2 is 1.70 bits per heavy atom. The average molecular weight is 344 g/mol. The molecule has 118 valence electrons. The highest BCUT2D eigenvalue weighted by Crippen LogP contribution is 2.39. The molecule has 0 amide bonds. The average Bonchev–Trinajstić information content (AvgIpc) is 3.12. The molecule has 0 bridgehead atoms. The van der Waals surface area contributed by atoms with E-state index in [-0.39, 0.29) is 22.1 Å². The Balaban J connectivity index is 1.83. The van der Waals surface area contributed by atoms with Gasteiger partial charge in [-0.15, -0.1) is 23.5 Å². The molecule has 0 radical (unpaired) electrons. The smallest absolute Gasteiger partial charge is 0.171 e. The van der Waals surface area contributed by atoms with Crippen molar-refractivity contribution in [3.63, 3.8) is 0 Å². The van der Waals surface area contributed by atoms with E-state index >= 15 is 0 Å². The van der Waals surface area contributed by atoms with Crippen molar-refractivity contribution in [1.82, 2.24) is 0 Å². The number of carbonyl (C=O) groups is 1. The van der Waals surface area contributed by atoms with Crippen LogP contribution < -0.4 is 0 Å². The fraction of sp³-hybridized carbons (Fsp3) is 0.211. The number of halogens is 1. The lowest BCUT2D eigenvalue weighted by atomic mass is 9.98. The summed E-state index contributed by atoms with van der Waals surface area (Å²) in [6.45, 7) is 0. The molecule has 0 aromatic heterocycles. The monoisotopic (exact) mass is 344 g/mol. The zero-order valence-corrected chi connectivity index (χ0v) is 14.2. The number of hydrogen-bond acceptors (Lipinski definition) is 3. The number of Topliss-reactive ketones (excluding diaryl/α,β-unsaturated/α-hetero) is 1. The van der Waals surface area contributed by atoms with Gasteiger partial charge in [0.1, 0.15) is 5.82 Å². The molecule has 4 heteroatoms. The number of rotatable bonds is 5. The maximum Gasteiger partial charge on any atom is 0.171 e. The summed E-state index contributed by atoms with van der Waals surface area (Å²) in [4.78, 5) is 12.9. The van der Waals surface area contributed by atoms with Crippen LogP contribution in [0.2, 0.25) is 0 Å². The minimum atomic E-state index is -0.249. The molecule has 1 fully saturated rings. The number of thioether (sulfide) groups is 2. The summed E-state index contributed by atoms with van der Waals surface area (Å²) in [5.74, 6) is 1.90. The Kier molecular flexibility index (Phi) is 5.57. The van der Waals surface area contributed by atoms with Crippen LogP contribution in [0.25, 0.3) is 6.08 Å². The van der Waals surface area contributed by atoms with Gasteiger partial charge >= 0.3 is 0 Å². The van der Waals surface area contributed by atoms with Crippen LogP contribution in [0.3, 0.4) is 0 Å². The summed E-state index contributed by atoms with van der Waals surface area (Å²) >= 11 is 3.68. The number of carbonyl (C=O) groups excluding carboxylic acids is 1. The van der Waals surface area contributed by atoms with Gasteiger partial charge in [0, 0.05) is 17.1 Å². The maximum absolute atomic E-state index is 13.0. The third-order valence-electron chi connectivity index (χ3n) is 3.67. The van der Waals surface area contributed by atoms with E-state index in [0.29, 0.717) is 0 Å². The van der Waals surface area contributed by atoms with E-state index in [0.717, 1.165) is 22.6 Å². The maximum atomic E-state index is 13.0. The molecule has 2 aromatic carbocycles. The molecular weight excluding hydrogens is 327 g/mol. The van der Waals surface area contributed by atoms with Crippen molar-refractivity contribution in [2.45, 2.75) is 4.58 Å². The third kappa shape index (κ3) is 4.27. The minimum Gasteiger partial charge on any atom is -0.293 e. The molecule has 2 aromatic rings. The zero-order valence-electron chi connectivity index (χ0n) is 12.5. The summed E-state index contributed by atoms with van der Waals surface area (Å²) in [5.41, 5.74) is 1.65. The molecule has 0 spiro atoms. The predicted octanol–water partition coefficient (Wildman–Crippen LogP) is 5.14. The van der Waals surface area contributed by atoms with Crippen molar-refractivity contribution in [3.05, 3.63) is 77.6 Å². The lowest BCUT2D eigenvalue weighted by Gasteiger charge is -2.17. The van der Waals surface area contributed by atoms with E-state index in [9.17, 15) is 9.18 Å². The van der Waals surface area contributed by atoms with Crippen LogP contribution in [0.15, 0.2) is 60.7 Å². The first-order chi connectivity index (χ1) is 11.2. The van der Waals surface area contributed by atoms with Crippen LogP contribution >= 0.6 is 23.5 Å². The van der Waals surface area contributed by atoms with E-state index in [2.05, 4.69) is 0 Å². The minimum absolute atomic E-state index is 0.149. The van der Waals surface area contributed by atoms with Gasteiger partial charge in [-0.25, -0.2) is 4.39 Å². The van der Waals surface area contributed by atoms with Crippen LogP contribution in [0.5, 0.6) is 0 Å². The van der Waals surface area contributed by atoms with E-state index in [4.69, 9.17) is 0 Å². The lowest BCUT2D eigenvalue weighted by Crippen LogP contribution is -2.20. The van der Waals surface area contributed by atoms with Crippen molar-refractivity contribution in [2.24, 2.45) is 5.92 Å². The molecule has 1 saturated heterocycles. The van der Waals surface area contributed by atoms with Crippen LogP contribution in [0.4, 0.5) is 4.39 Å². The first kappa shape index (κ1) is 16.3. The quantitative estimate of drug-likeness (QED) is 0.699. The molecule has 3 rings (SSSR count). The normalized spacial score (nSPS) is 16.7. The summed E-state index contributed by atoms with van der Waals surface area (Å²) < 4.78 is 13.2.